The molecule has 2 bridgehead atoms. The molecule has 3 saturated heterocycles. The smallest absolute Gasteiger partial charge is 0.186 e. The minimum atomic E-state index is -0.468. The maximum Gasteiger partial charge on any atom is 0.186 e. The van der Waals surface area contributed by atoms with Gasteiger partial charge >= 0.3 is 0 Å². The maximum absolute atomic E-state index is 6.46. The zero-order valence-electron chi connectivity index (χ0n) is 18.6. The van der Waals surface area contributed by atoms with Crippen LogP contribution in [-0.4, -0.2) is 37.8 Å². The van der Waals surface area contributed by atoms with Gasteiger partial charge in [0.1, 0.15) is 6.10 Å². The van der Waals surface area contributed by atoms with Gasteiger partial charge in [0.25, 0.3) is 0 Å². The Hall–Kier alpha value is -2.54. The van der Waals surface area contributed by atoms with E-state index >= 15 is 0 Å². The Morgan fingerprint density at radius 1 is 0.636 bits per heavy atom. The van der Waals surface area contributed by atoms with Crippen molar-refractivity contribution in [3.63, 3.8) is 0 Å². The molecule has 3 aliphatic rings. The van der Waals surface area contributed by atoms with Crippen molar-refractivity contribution >= 4 is 0 Å². The fraction of sp³-hybridized carbons (Fsp3) is 0.357. The topological polar surface area (TPSA) is 46.2 Å². The molecule has 0 saturated carbocycles. The highest BCUT2D eigenvalue weighted by Gasteiger charge is 2.52. The SMILES string of the molecule is c1ccc(COC[C@H]2O[C@H]3OC[C@@H]2[C@H](OCc2ccccc2)[C@H]3OCc2ccccc2)cc1. The molecule has 0 amide bonds. The summed E-state index contributed by atoms with van der Waals surface area (Å²) in [4.78, 5) is 0. The first-order valence-electron chi connectivity index (χ1n) is 11.6. The molecule has 6 rings (SSSR count). The molecule has 3 fully saturated rings. The van der Waals surface area contributed by atoms with E-state index in [1.807, 2.05) is 54.6 Å². The van der Waals surface area contributed by atoms with E-state index in [4.69, 9.17) is 23.7 Å². The summed E-state index contributed by atoms with van der Waals surface area (Å²) < 4.78 is 31.0. The second kappa shape index (κ2) is 11.1. The Kier molecular flexibility index (Phi) is 7.46. The minimum absolute atomic E-state index is 0.0373. The summed E-state index contributed by atoms with van der Waals surface area (Å²) in [6.07, 6.45) is -0.987. The quantitative estimate of drug-likeness (QED) is 0.450. The normalized spacial score (nSPS) is 26.4. The van der Waals surface area contributed by atoms with Gasteiger partial charge in [-0.25, -0.2) is 0 Å². The zero-order valence-corrected chi connectivity index (χ0v) is 18.6. The Bertz CT molecular complexity index is 965. The Balaban J connectivity index is 1.25. The van der Waals surface area contributed by atoms with Crippen molar-refractivity contribution in [2.75, 3.05) is 13.2 Å². The van der Waals surface area contributed by atoms with E-state index in [0.29, 0.717) is 33.0 Å². The van der Waals surface area contributed by atoms with Crippen molar-refractivity contribution in [1.82, 2.24) is 0 Å². The summed E-state index contributed by atoms with van der Waals surface area (Å²) >= 11 is 0. The van der Waals surface area contributed by atoms with Gasteiger partial charge < -0.3 is 23.7 Å². The van der Waals surface area contributed by atoms with Crippen LogP contribution in [0.3, 0.4) is 0 Å². The van der Waals surface area contributed by atoms with Crippen LogP contribution in [0.25, 0.3) is 0 Å². The van der Waals surface area contributed by atoms with Crippen LogP contribution in [0.5, 0.6) is 0 Å². The molecular formula is C28H30O5. The van der Waals surface area contributed by atoms with Crippen LogP contribution in [0.4, 0.5) is 0 Å². The van der Waals surface area contributed by atoms with Crippen molar-refractivity contribution in [1.29, 1.82) is 0 Å². The van der Waals surface area contributed by atoms with Crippen molar-refractivity contribution in [3.8, 4) is 0 Å². The van der Waals surface area contributed by atoms with E-state index in [1.54, 1.807) is 0 Å². The summed E-state index contributed by atoms with van der Waals surface area (Å²) in [6.45, 7) is 2.65. The molecular weight excluding hydrogens is 416 g/mol. The van der Waals surface area contributed by atoms with Gasteiger partial charge in [-0.05, 0) is 16.7 Å². The van der Waals surface area contributed by atoms with Crippen LogP contribution in [0.1, 0.15) is 16.7 Å². The predicted molar refractivity (Wildman–Crippen MR) is 124 cm³/mol. The van der Waals surface area contributed by atoms with Crippen LogP contribution in [0, 0.1) is 5.92 Å². The van der Waals surface area contributed by atoms with Gasteiger partial charge in [-0.3, -0.25) is 0 Å². The molecule has 172 valence electrons. The minimum Gasteiger partial charge on any atom is -0.374 e. The van der Waals surface area contributed by atoms with Gasteiger partial charge in [-0.1, -0.05) is 91.0 Å². The van der Waals surface area contributed by atoms with Gasteiger partial charge in [0, 0.05) is 5.92 Å². The van der Waals surface area contributed by atoms with E-state index in [-0.39, 0.29) is 24.2 Å². The molecule has 3 heterocycles. The fourth-order valence-electron chi connectivity index (χ4n) is 4.46. The number of fused-ring (bicyclic) bond motifs is 3. The van der Waals surface area contributed by atoms with Crippen molar-refractivity contribution < 1.29 is 23.7 Å². The first kappa shape index (κ1) is 22.3. The average molecular weight is 447 g/mol. The maximum atomic E-state index is 6.46. The second-order valence-electron chi connectivity index (χ2n) is 8.56. The van der Waals surface area contributed by atoms with E-state index in [1.165, 1.54) is 0 Å². The van der Waals surface area contributed by atoms with Crippen LogP contribution >= 0.6 is 0 Å². The summed E-state index contributed by atoms with van der Waals surface area (Å²) in [6, 6.07) is 30.6. The summed E-state index contributed by atoms with van der Waals surface area (Å²) in [7, 11) is 0. The molecule has 33 heavy (non-hydrogen) atoms. The second-order valence-corrected chi connectivity index (χ2v) is 8.56. The van der Waals surface area contributed by atoms with Crippen LogP contribution in [-0.2, 0) is 43.5 Å². The molecule has 0 aliphatic carbocycles. The van der Waals surface area contributed by atoms with Gasteiger partial charge in [0.05, 0.1) is 45.2 Å². The number of benzene rings is 3. The summed E-state index contributed by atoms with van der Waals surface area (Å²) in [5.41, 5.74) is 3.40. The summed E-state index contributed by atoms with van der Waals surface area (Å²) in [5.74, 6) is 0.0373. The lowest BCUT2D eigenvalue weighted by atomic mass is 9.87. The number of rotatable bonds is 10. The molecule has 5 nitrogen and oxygen atoms in total. The number of hydrogen-bond acceptors (Lipinski definition) is 5. The van der Waals surface area contributed by atoms with Crippen LogP contribution in [0.15, 0.2) is 91.0 Å². The highest BCUT2D eigenvalue weighted by atomic mass is 16.7. The Morgan fingerprint density at radius 3 is 1.73 bits per heavy atom. The van der Waals surface area contributed by atoms with Gasteiger partial charge in [-0.2, -0.15) is 0 Å². The van der Waals surface area contributed by atoms with Crippen LogP contribution in [0.2, 0.25) is 0 Å². The standard InChI is InChI=1S/C28H30O5/c1-4-10-21(11-5-1)16-29-20-25-24-19-32-28(33-25)27(31-18-23-14-8-3-9-15-23)26(24)30-17-22-12-6-2-7-13-22/h1-15,24-28H,16-20H2/t24-,25+,26-,27+,28+/m0/s1. The van der Waals surface area contributed by atoms with Gasteiger partial charge in [-0.15, -0.1) is 0 Å². The Labute approximate surface area is 195 Å². The molecule has 0 radical (unpaired) electrons. The van der Waals surface area contributed by atoms with Gasteiger partial charge in [0.15, 0.2) is 6.29 Å². The average Bonchev–Trinajstić information content (AvgIpc) is 2.89. The molecule has 0 unspecified atom stereocenters. The van der Waals surface area contributed by atoms with E-state index in [9.17, 15) is 0 Å². The number of ether oxygens (including phenoxy) is 5. The van der Waals surface area contributed by atoms with E-state index in [0.717, 1.165) is 16.7 Å². The fourth-order valence-corrected chi connectivity index (χ4v) is 4.46. The third-order valence-electron chi connectivity index (χ3n) is 6.22. The zero-order chi connectivity index (χ0) is 22.3. The molecule has 3 aromatic rings. The third-order valence-corrected chi connectivity index (χ3v) is 6.22. The lowest BCUT2D eigenvalue weighted by Gasteiger charge is -2.50. The molecule has 0 N–H and O–H groups in total. The predicted octanol–water partition coefficient (Wildman–Crippen LogP) is 4.75. The monoisotopic (exact) mass is 446 g/mol. The molecule has 0 aromatic heterocycles. The lowest BCUT2D eigenvalue weighted by molar-refractivity contribution is -0.359. The van der Waals surface area contributed by atoms with Crippen molar-refractivity contribution in [3.05, 3.63) is 108 Å². The first-order valence-corrected chi connectivity index (χ1v) is 11.6. The first-order chi connectivity index (χ1) is 16.4. The third kappa shape index (κ3) is 5.69. The largest absolute Gasteiger partial charge is 0.374 e. The molecule has 5 heteroatoms. The lowest BCUT2D eigenvalue weighted by Crippen LogP contribution is -2.64. The Morgan fingerprint density at radius 2 is 1.15 bits per heavy atom. The van der Waals surface area contributed by atoms with E-state index < -0.39 is 6.29 Å². The highest BCUT2D eigenvalue weighted by molar-refractivity contribution is 5.15. The van der Waals surface area contributed by atoms with E-state index in [2.05, 4.69) is 36.4 Å². The summed E-state index contributed by atoms with van der Waals surface area (Å²) in [5, 5.41) is 0. The van der Waals surface area contributed by atoms with Crippen molar-refractivity contribution in [2.24, 2.45) is 5.92 Å². The molecule has 3 aromatic carbocycles. The van der Waals surface area contributed by atoms with Crippen molar-refractivity contribution in [2.45, 2.75) is 44.4 Å². The van der Waals surface area contributed by atoms with Gasteiger partial charge in [0.2, 0.25) is 0 Å². The number of hydrogen-bond donors (Lipinski definition) is 0. The molecule has 3 aliphatic heterocycles. The molecule has 0 spiro atoms. The molecule has 5 atom stereocenters. The highest BCUT2D eigenvalue weighted by Crippen LogP contribution is 2.37. The van der Waals surface area contributed by atoms with Crippen LogP contribution < -0.4 is 0 Å².